The fraction of sp³-hybridized carbons (Fsp3) is 0.909. The summed E-state index contributed by atoms with van der Waals surface area (Å²) < 4.78 is 5.21. The average molecular weight is 213 g/mol. The van der Waals surface area contributed by atoms with Gasteiger partial charge in [0.25, 0.3) is 0 Å². The summed E-state index contributed by atoms with van der Waals surface area (Å²) in [4.78, 5) is 13.8. The largest absolute Gasteiger partial charge is 0.391 e. The van der Waals surface area contributed by atoms with Gasteiger partial charge in [0.05, 0.1) is 18.6 Å². The summed E-state index contributed by atoms with van der Waals surface area (Å²) in [5.41, 5.74) is 0. The van der Waals surface area contributed by atoms with E-state index in [0.29, 0.717) is 25.7 Å². The predicted molar refractivity (Wildman–Crippen MR) is 55.3 cm³/mol. The monoisotopic (exact) mass is 213 g/mol. The number of nitrogens with zero attached hydrogens (tertiary/aromatic N) is 1. The van der Waals surface area contributed by atoms with E-state index in [-0.39, 0.29) is 17.9 Å². The maximum Gasteiger partial charge on any atom is 0.228 e. The topological polar surface area (TPSA) is 49.8 Å². The summed E-state index contributed by atoms with van der Waals surface area (Å²) in [6.07, 6.45) is 1.38. The van der Waals surface area contributed by atoms with E-state index in [1.54, 1.807) is 4.90 Å². The molecule has 0 aromatic carbocycles. The molecule has 15 heavy (non-hydrogen) atoms. The molecular weight excluding hydrogens is 194 g/mol. The molecule has 4 heteroatoms. The van der Waals surface area contributed by atoms with Crippen LogP contribution in [0.25, 0.3) is 0 Å². The van der Waals surface area contributed by atoms with E-state index in [2.05, 4.69) is 0 Å². The van der Waals surface area contributed by atoms with E-state index in [1.165, 1.54) is 0 Å². The van der Waals surface area contributed by atoms with Crippen LogP contribution in [0.5, 0.6) is 0 Å². The van der Waals surface area contributed by atoms with Crippen LogP contribution in [-0.4, -0.2) is 48.3 Å². The number of aliphatic hydroxyl groups excluding tert-OH is 1. The molecule has 0 spiro atoms. The molecule has 0 radical (unpaired) electrons. The molecule has 0 aliphatic carbocycles. The van der Waals surface area contributed by atoms with Crippen molar-refractivity contribution in [3.8, 4) is 0 Å². The van der Waals surface area contributed by atoms with Crippen molar-refractivity contribution in [3.63, 3.8) is 0 Å². The van der Waals surface area contributed by atoms with Gasteiger partial charge in [-0.3, -0.25) is 4.79 Å². The third-order valence-corrected chi connectivity index (χ3v) is 3.51. The van der Waals surface area contributed by atoms with Gasteiger partial charge < -0.3 is 14.7 Å². The zero-order chi connectivity index (χ0) is 10.8. The van der Waals surface area contributed by atoms with E-state index >= 15 is 0 Å². The van der Waals surface area contributed by atoms with E-state index in [4.69, 9.17) is 4.74 Å². The number of β-amino-alcohol motifs (C(OH)–C–C–N with tert-alkyl or cyclic N) is 1. The average Bonchev–Trinajstić information content (AvgIpc) is 2.74. The molecule has 2 rings (SSSR count). The second-order valence-electron chi connectivity index (χ2n) is 4.68. The Balaban J connectivity index is 1.90. The Morgan fingerprint density at radius 3 is 2.87 bits per heavy atom. The first-order chi connectivity index (χ1) is 7.18. The van der Waals surface area contributed by atoms with Crippen LogP contribution in [0.3, 0.4) is 0 Å². The molecule has 2 aliphatic rings. The van der Waals surface area contributed by atoms with Gasteiger partial charge in [0.2, 0.25) is 5.91 Å². The molecule has 2 saturated heterocycles. The van der Waals surface area contributed by atoms with Crippen LogP contribution < -0.4 is 0 Å². The molecule has 2 fully saturated rings. The van der Waals surface area contributed by atoms with Gasteiger partial charge in [0.15, 0.2) is 0 Å². The van der Waals surface area contributed by atoms with Crippen molar-refractivity contribution in [3.05, 3.63) is 0 Å². The summed E-state index contributed by atoms with van der Waals surface area (Å²) in [5.74, 6) is 0.512. The summed E-state index contributed by atoms with van der Waals surface area (Å²) in [6, 6.07) is 0. The zero-order valence-corrected chi connectivity index (χ0v) is 9.19. The maximum absolute atomic E-state index is 12.0. The molecule has 86 valence electrons. The molecule has 0 bridgehead atoms. The highest BCUT2D eigenvalue weighted by Gasteiger charge is 2.32. The third kappa shape index (κ3) is 2.32. The molecule has 1 amide bonds. The Kier molecular flexibility index (Phi) is 3.26. The number of hydrogen-bond acceptors (Lipinski definition) is 3. The first-order valence-electron chi connectivity index (χ1n) is 5.73. The van der Waals surface area contributed by atoms with Crippen molar-refractivity contribution in [1.82, 2.24) is 4.90 Å². The number of carbonyl (C=O) groups is 1. The predicted octanol–water partition coefficient (Wildman–Crippen LogP) is 0.252. The molecule has 1 N–H and O–H groups in total. The normalized spacial score (nSPS) is 36.9. The zero-order valence-electron chi connectivity index (χ0n) is 9.19. The Bertz CT molecular complexity index is 238. The second kappa shape index (κ2) is 4.49. The van der Waals surface area contributed by atoms with Crippen molar-refractivity contribution in [2.45, 2.75) is 25.9 Å². The minimum absolute atomic E-state index is 0.0330. The maximum atomic E-state index is 12.0. The van der Waals surface area contributed by atoms with Crippen molar-refractivity contribution < 1.29 is 14.6 Å². The molecule has 3 atom stereocenters. The van der Waals surface area contributed by atoms with Crippen LogP contribution in [0.1, 0.15) is 19.8 Å². The Labute approximate surface area is 90.2 Å². The van der Waals surface area contributed by atoms with Crippen LogP contribution >= 0.6 is 0 Å². The van der Waals surface area contributed by atoms with Gasteiger partial charge in [-0.15, -0.1) is 0 Å². The summed E-state index contributed by atoms with van der Waals surface area (Å²) in [5, 5.41) is 9.71. The quantitative estimate of drug-likeness (QED) is 0.679. The lowest BCUT2D eigenvalue weighted by atomic mass is 9.95. The van der Waals surface area contributed by atoms with Crippen molar-refractivity contribution in [1.29, 1.82) is 0 Å². The van der Waals surface area contributed by atoms with E-state index in [9.17, 15) is 9.90 Å². The number of hydrogen-bond donors (Lipinski definition) is 1. The van der Waals surface area contributed by atoms with Crippen molar-refractivity contribution in [2.75, 3.05) is 26.3 Å². The Hall–Kier alpha value is -0.610. The molecule has 0 saturated carbocycles. The fourth-order valence-electron chi connectivity index (χ4n) is 2.24. The smallest absolute Gasteiger partial charge is 0.228 e. The second-order valence-corrected chi connectivity index (χ2v) is 4.68. The number of piperidine rings is 1. The van der Waals surface area contributed by atoms with E-state index < -0.39 is 0 Å². The summed E-state index contributed by atoms with van der Waals surface area (Å²) in [7, 11) is 0. The number of rotatable bonds is 1. The first kappa shape index (κ1) is 10.9. The lowest BCUT2D eigenvalue weighted by molar-refractivity contribution is -0.139. The molecular formula is C11H19NO3. The Morgan fingerprint density at radius 2 is 2.27 bits per heavy atom. The fourth-order valence-corrected chi connectivity index (χ4v) is 2.24. The number of carbonyl (C=O) groups excluding carboxylic acids is 1. The number of amides is 1. The number of likely N-dealkylation sites (tertiary alicyclic amines) is 1. The first-order valence-corrected chi connectivity index (χ1v) is 5.73. The molecule has 0 aromatic rings. The standard InChI is InChI=1S/C11H19NO3/c1-8-2-4-12(6-10(8)13)11(14)9-3-5-15-7-9/h8-10,13H,2-7H2,1H3. The minimum Gasteiger partial charge on any atom is -0.391 e. The van der Waals surface area contributed by atoms with Gasteiger partial charge in [-0.2, -0.15) is 0 Å². The SMILES string of the molecule is CC1CCN(C(=O)C2CCOC2)CC1O. The summed E-state index contributed by atoms with van der Waals surface area (Å²) in [6.45, 7) is 4.57. The van der Waals surface area contributed by atoms with E-state index in [1.807, 2.05) is 6.92 Å². The van der Waals surface area contributed by atoms with Crippen LogP contribution in [0, 0.1) is 11.8 Å². The molecule has 0 aromatic heterocycles. The highest BCUT2D eigenvalue weighted by Crippen LogP contribution is 2.21. The molecule has 2 aliphatic heterocycles. The van der Waals surface area contributed by atoms with Gasteiger partial charge in [-0.05, 0) is 18.8 Å². The van der Waals surface area contributed by atoms with Crippen molar-refractivity contribution >= 4 is 5.91 Å². The highest BCUT2D eigenvalue weighted by molar-refractivity contribution is 5.79. The molecule has 4 nitrogen and oxygen atoms in total. The lowest BCUT2D eigenvalue weighted by Crippen LogP contribution is -2.48. The van der Waals surface area contributed by atoms with Gasteiger partial charge in [-0.25, -0.2) is 0 Å². The summed E-state index contributed by atoms with van der Waals surface area (Å²) >= 11 is 0. The highest BCUT2D eigenvalue weighted by atomic mass is 16.5. The van der Waals surface area contributed by atoms with Gasteiger partial charge >= 0.3 is 0 Å². The third-order valence-electron chi connectivity index (χ3n) is 3.51. The van der Waals surface area contributed by atoms with Crippen LogP contribution in [0.2, 0.25) is 0 Å². The van der Waals surface area contributed by atoms with Gasteiger partial charge in [0.1, 0.15) is 0 Å². The number of ether oxygens (including phenoxy) is 1. The van der Waals surface area contributed by atoms with Crippen LogP contribution in [-0.2, 0) is 9.53 Å². The van der Waals surface area contributed by atoms with Crippen LogP contribution in [0.4, 0.5) is 0 Å². The number of aliphatic hydroxyl groups is 1. The minimum atomic E-state index is -0.356. The van der Waals surface area contributed by atoms with Crippen molar-refractivity contribution in [2.24, 2.45) is 11.8 Å². The molecule has 3 unspecified atom stereocenters. The Morgan fingerprint density at radius 1 is 1.47 bits per heavy atom. The van der Waals surface area contributed by atoms with Gasteiger partial charge in [0, 0.05) is 19.7 Å². The van der Waals surface area contributed by atoms with Gasteiger partial charge in [-0.1, -0.05) is 6.92 Å². The van der Waals surface area contributed by atoms with E-state index in [0.717, 1.165) is 19.4 Å². The lowest BCUT2D eigenvalue weighted by Gasteiger charge is -2.35. The molecule has 2 heterocycles. The van der Waals surface area contributed by atoms with Crippen LogP contribution in [0.15, 0.2) is 0 Å².